The summed E-state index contributed by atoms with van der Waals surface area (Å²) in [6.07, 6.45) is 3.25. The first-order chi connectivity index (χ1) is 6.29. The Morgan fingerprint density at radius 3 is 1.15 bits per heavy atom. The zero-order chi connectivity index (χ0) is 10.1. The third-order valence-electron chi connectivity index (χ3n) is 1.35. The summed E-state index contributed by atoms with van der Waals surface area (Å²) in [6, 6.07) is 8.48. The number of ether oxygens (including phenoxy) is 1. The van der Waals surface area contributed by atoms with Crippen molar-refractivity contribution in [3.63, 3.8) is 0 Å². The van der Waals surface area contributed by atoms with Gasteiger partial charge in [0.25, 0.3) is 0 Å². The fourth-order valence-electron chi connectivity index (χ4n) is 0.637. The van der Waals surface area contributed by atoms with Gasteiger partial charge in [-0.15, -0.1) is 0 Å². The highest BCUT2D eigenvalue weighted by molar-refractivity contribution is 5.19. The van der Waals surface area contributed by atoms with Crippen LogP contribution in [0.15, 0.2) is 36.8 Å². The van der Waals surface area contributed by atoms with Gasteiger partial charge in [0.15, 0.2) is 0 Å². The molecule has 72 valence electrons. The highest BCUT2D eigenvalue weighted by Gasteiger charge is 1.79. The molecule has 0 bridgehead atoms. The Hall–Kier alpha value is -1.24. The third kappa shape index (κ3) is 8.67. The lowest BCUT2D eigenvalue weighted by Gasteiger charge is -1.90. The first-order valence-corrected chi connectivity index (χ1v) is 4.63. The quantitative estimate of drug-likeness (QED) is 0.588. The van der Waals surface area contributed by atoms with Crippen molar-refractivity contribution in [2.45, 2.75) is 27.7 Å². The molecule has 0 spiro atoms. The second-order valence-corrected chi connectivity index (χ2v) is 2.56. The van der Waals surface area contributed by atoms with E-state index in [0.29, 0.717) is 0 Å². The number of aryl methyl sites for hydroxylation is 2. The van der Waals surface area contributed by atoms with Crippen LogP contribution in [0.1, 0.15) is 25.0 Å². The van der Waals surface area contributed by atoms with E-state index >= 15 is 0 Å². The third-order valence-corrected chi connectivity index (χ3v) is 1.35. The SMILES string of the molecule is C1=CO1.CC.Cc1ccc(C)cc1. The normalized spacial score (nSPS) is 9.85. The second kappa shape index (κ2) is 7.41. The Kier molecular flexibility index (Phi) is 6.70. The maximum absolute atomic E-state index is 4.25. The molecular weight excluding hydrogens is 160 g/mol. The maximum Gasteiger partial charge on any atom is 0.125 e. The van der Waals surface area contributed by atoms with Crippen molar-refractivity contribution in [3.8, 4) is 0 Å². The van der Waals surface area contributed by atoms with Crippen LogP contribution in [-0.4, -0.2) is 0 Å². The lowest BCUT2D eigenvalue weighted by atomic mass is 10.2. The first kappa shape index (κ1) is 11.8. The van der Waals surface area contributed by atoms with Gasteiger partial charge in [-0.25, -0.2) is 0 Å². The summed E-state index contributed by atoms with van der Waals surface area (Å²) >= 11 is 0. The summed E-state index contributed by atoms with van der Waals surface area (Å²) in [5.74, 6) is 0. The van der Waals surface area contributed by atoms with Gasteiger partial charge in [-0.05, 0) is 13.8 Å². The summed E-state index contributed by atoms with van der Waals surface area (Å²) in [5, 5.41) is 0. The van der Waals surface area contributed by atoms with Gasteiger partial charge in [-0.3, -0.25) is 0 Å². The lowest BCUT2D eigenvalue weighted by molar-refractivity contribution is 0.541. The van der Waals surface area contributed by atoms with E-state index in [1.54, 1.807) is 12.5 Å². The Bertz CT molecular complexity index is 209. The van der Waals surface area contributed by atoms with E-state index in [9.17, 15) is 0 Å². The van der Waals surface area contributed by atoms with E-state index in [4.69, 9.17) is 0 Å². The van der Waals surface area contributed by atoms with Gasteiger partial charge >= 0.3 is 0 Å². The van der Waals surface area contributed by atoms with Crippen molar-refractivity contribution < 1.29 is 4.74 Å². The average molecular weight is 178 g/mol. The molecule has 1 heteroatoms. The number of rotatable bonds is 0. The molecule has 0 atom stereocenters. The summed E-state index contributed by atoms with van der Waals surface area (Å²) in [4.78, 5) is 0. The van der Waals surface area contributed by atoms with E-state index in [1.165, 1.54) is 11.1 Å². The molecule has 1 aliphatic rings. The van der Waals surface area contributed by atoms with E-state index in [0.717, 1.165) is 0 Å². The molecule has 0 radical (unpaired) electrons. The van der Waals surface area contributed by atoms with Gasteiger partial charge in [-0.1, -0.05) is 49.2 Å². The van der Waals surface area contributed by atoms with Crippen molar-refractivity contribution in [3.05, 3.63) is 47.9 Å². The standard InChI is InChI=1S/C8H10.C2H2O.C2H6/c1-7-3-5-8(2)6-4-7;1-2-3-1;1-2/h3-6H,1-2H3;1-2H;1-2H3. The molecular formula is C12H18O. The zero-order valence-corrected chi connectivity index (χ0v) is 8.87. The molecule has 1 nitrogen and oxygen atoms in total. The Labute approximate surface area is 81.1 Å². The summed E-state index contributed by atoms with van der Waals surface area (Å²) < 4.78 is 4.25. The van der Waals surface area contributed by atoms with Gasteiger partial charge in [-0.2, -0.15) is 0 Å². The fraction of sp³-hybridized carbons (Fsp3) is 0.333. The number of hydrogen-bond donors (Lipinski definition) is 0. The molecule has 0 saturated heterocycles. The molecule has 13 heavy (non-hydrogen) atoms. The predicted molar refractivity (Wildman–Crippen MR) is 57.5 cm³/mol. The first-order valence-electron chi connectivity index (χ1n) is 4.63. The Morgan fingerprint density at radius 1 is 0.769 bits per heavy atom. The molecule has 0 unspecified atom stereocenters. The van der Waals surface area contributed by atoms with Crippen LogP contribution < -0.4 is 0 Å². The fourth-order valence-corrected chi connectivity index (χ4v) is 0.637. The molecule has 0 amide bonds. The molecule has 0 saturated carbocycles. The predicted octanol–water partition coefficient (Wildman–Crippen LogP) is 3.82. The average Bonchev–Trinajstić information content (AvgIpc) is 3.00. The van der Waals surface area contributed by atoms with Crippen molar-refractivity contribution in [1.29, 1.82) is 0 Å². The van der Waals surface area contributed by atoms with Crippen LogP contribution in [0.25, 0.3) is 0 Å². The summed E-state index contributed by atoms with van der Waals surface area (Å²) in [7, 11) is 0. The van der Waals surface area contributed by atoms with Crippen LogP contribution in [0.5, 0.6) is 0 Å². The summed E-state index contributed by atoms with van der Waals surface area (Å²) in [6.45, 7) is 8.19. The van der Waals surface area contributed by atoms with Gasteiger partial charge in [0, 0.05) is 0 Å². The molecule has 2 rings (SSSR count). The Balaban J connectivity index is 0.000000239. The molecule has 0 aliphatic carbocycles. The van der Waals surface area contributed by atoms with Crippen LogP contribution in [0.2, 0.25) is 0 Å². The topological polar surface area (TPSA) is 12.5 Å². The monoisotopic (exact) mass is 178 g/mol. The van der Waals surface area contributed by atoms with Crippen molar-refractivity contribution in [1.82, 2.24) is 0 Å². The molecule has 0 aromatic heterocycles. The molecule has 1 aliphatic heterocycles. The van der Waals surface area contributed by atoms with E-state index in [1.807, 2.05) is 13.8 Å². The van der Waals surface area contributed by atoms with E-state index < -0.39 is 0 Å². The zero-order valence-electron chi connectivity index (χ0n) is 8.87. The van der Waals surface area contributed by atoms with Crippen LogP contribution in [0, 0.1) is 13.8 Å². The maximum atomic E-state index is 4.25. The number of benzene rings is 1. The van der Waals surface area contributed by atoms with Gasteiger partial charge in [0.05, 0.1) is 0 Å². The van der Waals surface area contributed by atoms with Crippen LogP contribution in [-0.2, 0) is 4.74 Å². The smallest absolute Gasteiger partial charge is 0.125 e. The minimum absolute atomic E-state index is 1.33. The van der Waals surface area contributed by atoms with Gasteiger partial charge in [0.1, 0.15) is 12.5 Å². The van der Waals surface area contributed by atoms with Gasteiger partial charge in [0.2, 0.25) is 0 Å². The van der Waals surface area contributed by atoms with Crippen LogP contribution >= 0.6 is 0 Å². The molecule has 1 aromatic carbocycles. The lowest BCUT2D eigenvalue weighted by Crippen LogP contribution is -1.70. The minimum atomic E-state index is 1.33. The largest absolute Gasteiger partial charge is 0.466 e. The highest BCUT2D eigenvalue weighted by Crippen LogP contribution is 1.99. The van der Waals surface area contributed by atoms with E-state index in [-0.39, 0.29) is 0 Å². The van der Waals surface area contributed by atoms with Crippen LogP contribution in [0.4, 0.5) is 0 Å². The van der Waals surface area contributed by atoms with Crippen LogP contribution in [0.3, 0.4) is 0 Å². The number of hydrogen-bond acceptors (Lipinski definition) is 1. The molecule has 1 aromatic rings. The van der Waals surface area contributed by atoms with Crippen molar-refractivity contribution in [2.75, 3.05) is 0 Å². The molecule has 1 heterocycles. The highest BCUT2D eigenvalue weighted by atomic mass is 16.5. The van der Waals surface area contributed by atoms with Gasteiger partial charge < -0.3 is 4.74 Å². The minimum Gasteiger partial charge on any atom is -0.466 e. The molecule has 0 N–H and O–H groups in total. The Morgan fingerprint density at radius 2 is 1.00 bits per heavy atom. The second-order valence-electron chi connectivity index (χ2n) is 2.56. The van der Waals surface area contributed by atoms with Crippen molar-refractivity contribution >= 4 is 0 Å². The van der Waals surface area contributed by atoms with Crippen molar-refractivity contribution in [2.24, 2.45) is 0 Å². The summed E-state index contributed by atoms with van der Waals surface area (Å²) in [5.41, 5.74) is 2.66. The van der Waals surface area contributed by atoms with E-state index in [2.05, 4.69) is 42.8 Å². The molecule has 0 fully saturated rings.